The largest absolute Gasteiger partial charge is 0.354 e. The van der Waals surface area contributed by atoms with Gasteiger partial charge in [-0.1, -0.05) is 17.7 Å². The Morgan fingerprint density at radius 2 is 1.84 bits per heavy atom. The molecule has 0 radical (unpaired) electrons. The molecule has 0 amide bonds. The molecule has 4 heteroatoms. The highest BCUT2D eigenvalue weighted by Gasteiger charge is 2.12. The van der Waals surface area contributed by atoms with Crippen LogP contribution in [0, 0.1) is 13.8 Å². The van der Waals surface area contributed by atoms with E-state index >= 15 is 0 Å². The van der Waals surface area contributed by atoms with Crippen molar-refractivity contribution >= 4 is 29.0 Å². The average Bonchev–Trinajstić information content (AvgIpc) is 2.39. The van der Waals surface area contributed by atoms with Crippen LogP contribution >= 0.6 is 12.4 Å². The van der Waals surface area contributed by atoms with Crippen molar-refractivity contribution in [1.29, 1.82) is 0 Å². The number of hydrogen-bond acceptors (Lipinski definition) is 3. The average molecular weight is 278 g/mol. The number of benzene rings is 1. The Hall–Kier alpha value is -1.32. The van der Waals surface area contributed by atoms with E-state index in [4.69, 9.17) is 0 Å². The monoisotopic (exact) mass is 277 g/mol. The van der Waals surface area contributed by atoms with E-state index in [-0.39, 0.29) is 12.4 Å². The van der Waals surface area contributed by atoms with Crippen LogP contribution in [0.5, 0.6) is 0 Å². The van der Waals surface area contributed by atoms with Crippen LogP contribution in [0.15, 0.2) is 24.4 Å². The van der Waals surface area contributed by atoms with Crippen molar-refractivity contribution in [1.82, 2.24) is 10.3 Å². The second kappa shape index (κ2) is 5.76. The summed E-state index contributed by atoms with van der Waals surface area (Å²) in [5.74, 6) is 1.11. The minimum atomic E-state index is 0. The number of aryl methyl sites for hydroxylation is 2. The van der Waals surface area contributed by atoms with Crippen LogP contribution in [-0.4, -0.2) is 31.2 Å². The SMILES string of the molecule is Cc1cc(C)c2cnc(N3CCNCC3)cc2c1.Cl. The molecule has 2 aromatic rings. The standard InChI is InChI=1S/C15H19N3.ClH/c1-11-7-12(2)14-10-17-15(9-13(14)8-11)18-5-3-16-4-6-18;/h7-10,16H,3-6H2,1-2H3;1H. The molecule has 1 saturated heterocycles. The van der Waals surface area contributed by atoms with Crippen LogP contribution in [0.2, 0.25) is 0 Å². The van der Waals surface area contributed by atoms with Gasteiger partial charge in [0, 0.05) is 37.8 Å². The fourth-order valence-electron chi connectivity index (χ4n) is 2.68. The second-order valence-electron chi connectivity index (χ2n) is 5.08. The quantitative estimate of drug-likeness (QED) is 0.869. The Balaban J connectivity index is 0.00000133. The van der Waals surface area contributed by atoms with E-state index in [1.807, 2.05) is 6.20 Å². The zero-order valence-electron chi connectivity index (χ0n) is 11.4. The summed E-state index contributed by atoms with van der Waals surface area (Å²) in [5, 5.41) is 5.94. The zero-order chi connectivity index (χ0) is 12.5. The summed E-state index contributed by atoms with van der Waals surface area (Å²) in [4.78, 5) is 6.97. The maximum atomic E-state index is 4.62. The van der Waals surface area contributed by atoms with Crippen LogP contribution < -0.4 is 10.2 Å². The van der Waals surface area contributed by atoms with Crippen molar-refractivity contribution in [2.75, 3.05) is 31.1 Å². The topological polar surface area (TPSA) is 28.2 Å². The maximum absolute atomic E-state index is 4.62. The van der Waals surface area contributed by atoms with Crippen molar-refractivity contribution in [2.45, 2.75) is 13.8 Å². The molecule has 3 rings (SSSR count). The number of nitrogens with one attached hydrogen (secondary N) is 1. The third kappa shape index (κ3) is 2.82. The molecule has 102 valence electrons. The van der Waals surface area contributed by atoms with E-state index in [2.05, 4.69) is 47.2 Å². The summed E-state index contributed by atoms with van der Waals surface area (Å²) in [6, 6.07) is 6.69. The molecule has 0 aliphatic carbocycles. The van der Waals surface area contributed by atoms with Gasteiger partial charge in [-0.3, -0.25) is 0 Å². The number of halogens is 1. The highest BCUT2D eigenvalue weighted by Crippen LogP contribution is 2.23. The van der Waals surface area contributed by atoms with Gasteiger partial charge < -0.3 is 10.2 Å². The van der Waals surface area contributed by atoms with Gasteiger partial charge in [-0.2, -0.15) is 0 Å². The van der Waals surface area contributed by atoms with E-state index in [0.717, 1.165) is 32.0 Å². The Bertz CT molecular complexity index is 577. The number of fused-ring (bicyclic) bond motifs is 1. The van der Waals surface area contributed by atoms with Crippen LogP contribution in [0.1, 0.15) is 11.1 Å². The molecule has 0 saturated carbocycles. The molecule has 19 heavy (non-hydrogen) atoms. The van der Waals surface area contributed by atoms with E-state index in [9.17, 15) is 0 Å². The summed E-state index contributed by atoms with van der Waals surface area (Å²) in [6.07, 6.45) is 2.02. The minimum Gasteiger partial charge on any atom is -0.354 e. The number of rotatable bonds is 1. The van der Waals surface area contributed by atoms with Gasteiger partial charge in [0.25, 0.3) is 0 Å². The highest BCUT2D eigenvalue weighted by molar-refractivity contribution is 5.87. The van der Waals surface area contributed by atoms with Crippen LogP contribution in [-0.2, 0) is 0 Å². The third-order valence-electron chi connectivity index (χ3n) is 3.61. The van der Waals surface area contributed by atoms with Gasteiger partial charge in [0.2, 0.25) is 0 Å². The van der Waals surface area contributed by atoms with Gasteiger partial charge in [0.05, 0.1) is 0 Å². The first-order valence-electron chi connectivity index (χ1n) is 6.57. The zero-order valence-corrected chi connectivity index (χ0v) is 12.3. The molecule has 1 aliphatic rings. The van der Waals surface area contributed by atoms with Gasteiger partial charge in [0.1, 0.15) is 5.82 Å². The maximum Gasteiger partial charge on any atom is 0.129 e. The number of nitrogens with zero attached hydrogens (tertiary/aromatic N) is 2. The molecule has 1 aromatic heterocycles. The predicted molar refractivity (Wildman–Crippen MR) is 83.5 cm³/mol. The van der Waals surface area contributed by atoms with E-state index in [0.29, 0.717) is 0 Å². The predicted octanol–water partition coefficient (Wildman–Crippen LogP) is 2.68. The normalized spacial score (nSPS) is 15.4. The van der Waals surface area contributed by atoms with E-state index in [1.54, 1.807) is 0 Å². The lowest BCUT2D eigenvalue weighted by molar-refractivity contribution is 0.585. The second-order valence-corrected chi connectivity index (χ2v) is 5.08. The molecule has 2 heterocycles. The molecule has 1 fully saturated rings. The molecule has 1 aromatic carbocycles. The molecule has 0 bridgehead atoms. The fraction of sp³-hybridized carbons (Fsp3) is 0.400. The number of pyridine rings is 1. The lowest BCUT2D eigenvalue weighted by Crippen LogP contribution is -2.43. The minimum absolute atomic E-state index is 0. The Labute approximate surface area is 120 Å². The summed E-state index contributed by atoms with van der Waals surface area (Å²) in [7, 11) is 0. The van der Waals surface area contributed by atoms with E-state index in [1.165, 1.54) is 21.9 Å². The van der Waals surface area contributed by atoms with Gasteiger partial charge in [-0.05, 0) is 30.9 Å². The number of aromatic nitrogens is 1. The Morgan fingerprint density at radius 3 is 2.58 bits per heavy atom. The molecular weight excluding hydrogens is 258 g/mol. The molecule has 1 aliphatic heterocycles. The van der Waals surface area contributed by atoms with Gasteiger partial charge in [-0.15, -0.1) is 12.4 Å². The molecule has 1 N–H and O–H groups in total. The molecular formula is C15H20ClN3. The first-order chi connectivity index (χ1) is 8.74. The summed E-state index contributed by atoms with van der Waals surface area (Å²) >= 11 is 0. The number of anilines is 1. The van der Waals surface area contributed by atoms with Crippen LogP contribution in [0.3, 0.4) is 0 Å². The molecule has 0 atom stereocenters. The molecule has 0 spiro atoms. The Morgan fingerprint density at radius 1 is 1.11 bits per heavy atom. The fourth-order valence-corrected chi connectivity index (χ4v) is 2.68. The van der Waals surface area contributed by atoms with Crippen LogP contribution in [0.25, 0.3) is 10.8 Å². The summed E-state index contributed by atoms with van der Waals surface area (Å²) < 4.78 is 0. The van der Waals surface area contributed by atoms with Crippen molar-refractivity contribution in [3.63, 3.8) is 0 Å². The van der Waals surface area contributed by atoms with Gasteiger partial charge in [-0.25, -0.2) is 4.98 Å². The van der Waals surface area contributed by atoms with Gasteiger partial charge >= 0.3 is 0 Å². The first kappa shape index (κ1) is 14.1. The third-order valence-corrected chi connectivity index (χ3v) is 3.61. The summed E-state index contributed by atoms with van der Waals surface area (Å²) in [6.45, 7) is 8.49. The number of piperazine rings is 1. The smallest absolute Gasteiger partial charge is 0.129 e. The molecule has 0 unspecified atom stereocenters. The Kier molecular flexibility index (Phi) is 4.27. The van der Waals surface area contributed by atoms with E-state index < -0.39 is 0 Å². The first-order valence-corrected chi connectivity index (χ1v) is 6.57. The molecule has 3 nitrogen and oxygen atoms in total. The van der Waals surface area contributed by atoms with Crippen molar-refractivity contribution in [2.24, 2.45) is 0 Å². The van der Waals surface area contributed by atoms with Crippen LogP contribution in [0.4, 0.5) is 5.82 Å². The highest BCUT2D eigenvalue weighted by atomic mass is 35.5. The lowest BCUT2D eigenvalue weighted by Gasteiger charge is -2.28. The number of hydrogen-bond donors (Lipinski definition) is 1. The lowest BCUT2D eigenvalue weighted by atomic mass is 10.0. The van der Waals surface area contributed by atoms with Crippen molar-refractivity contribution < 1.29 is 0 Å². The van der Waals surface area contributed by atoms with Gasteiger partial charge in [0.15, 0.2) is 0 Å². The summed E-state index contributed by atoms with van der Waals surface area (Å²) in [5.41, 5.74) is 2.63. The van der Waals surface area contributed by atoms with Crippen molar-refractivity contribution in [3.8, 4) is 0 Å². The van der Waals surface area contributed by atoms with Crippen molar-refractivity contribution in [3.05, 3.63) is 35.5 Å².